The molecule has 0 bridgehead atoms. The van der Waals surface area contributed by atoms with Crippen molar-refractivity contribution in [3.05, 3.63) is 28.7 Å². The molecule has 7 rings (SSSR count). The average Bonchev–Trinajstić information content (AvgIpc) is 3.76. The molecular formula is C27H32N8O2S. The SMILES string of the molecule is CCn1c(CC(=O)N(C2CC2)C2CC2)cc2c3c(ncn3C)c(Nc3nc(C)c(C(=O)N4CCC4)s3)nc21. The number of amides is 2. The van der Waals surface area contributed by atoms with Crippen molar-refractivity contribution in [3.63, 3.8) is 0 Å². The Morgan fingerprint density at radius 2 is 1.89 bits per heavy atom. The molecule has 0 unspecified atom stereocenters. The van der Waals surface area contributed by atoms with E-state index in [1.807, 2.05) is 23.4 Å². The van der Waals surface area contributed by atoms with Crippen LogP contribution in [0.25, 0.3) is 22.1 Å². The lowest BCUT2D eigenvalue weighted by Crippen LogP contribution is -2.41. The van der Waals surface area contributed by atoms with Crippen LogP contribution in [0.5, 0.6) is 0 Å². The van der Waals surface area contributed by atoms with Gasteiger partial charge in [0.05, 0.1) is 24.0 Å². The fourth-order valence-electron chi connectivity index (χ4n) is 5.62. The molecule has 11 heteroatoms. The first-order valence-electron chi connectivity index (χ1n) is 13.6. The minimum absolute atomic E-state index is 0.0475. The maximum Gasteiger partial charge on any atom is 0.265 e. The third-order valence-electron chi connectivity index (χ3n) is 7.96. The van der Waals surface area contributed by atoms with Gasteiger partial charge in [0.1, 0.15) is 16.0 Å². The Kier molecular flexibility index (Phi) is 5.47. The standard InChI is InChI=1S/C27H32N8O2S/c1-4-34-18(13-20(36)35(16-6-7-16)17-8-9-17)12-19-22-21(28-14-32(22)3)24(30-25(19)34)31-27-29-15(2)23(38-27)26(37)33-10-5-11-33/h12,14,16-17H,4-11,13H2,1-3H3,(H,29,30,31). The number of thiazole rings is 1. The molecule has 4 aromatic heterocycles. The van der Waals surface area contributed by atoms with Crippen LogP contribution in [0.1, 0.15) is 60.1 Å². The van der Waals surface area contributed by atoms with Gasteiger partial charge in [-0.2, -0.15) is 0 Å². The highest BCUT2D eigenvalue weighted by atomic mass is 32.1. The Hall–Kier alpha value is -3.47. The topological polar surface area (TPSA) is 101 Å². The van der Waals surface area contributed by atoms with Crippen LogP contribution in [0.2, 0.25) is 0 Å². The van der Waals surface area contributed by atoms with Crippen LogP contribution >= 0.6 is 11.3 Å². The van der Waals surface area contributed by atoms with Crippen molar-refractivity contribution >= 4 is 56.2 Å². The molecule has 2 aliphatic carbocycles. The van der Waals surface area contributed by atoms with Gasteiger partial charge in [-0.15, -0.1) is 0 Å². The van der Waals surface area contributed by atoms with Crippen molar-refractivity contribution in [2.24, 2.45) is 7.05 Å². The highest BCUT2D eigenvalue weighted by Gasteiger charge is 2.42. The van der Waals surface area contributed by atoms with Crippen LogP contribution in [-0.2, 0) is 24.8 Å². The molecule has 38 heavy (non-hydrogen) atoms. The number of carbonyl (C=O) groups excluding carboxylic acids is 2. The first-order chi connectivity index (χ1) is 18.4. The third kappa shape index (κ3) is 3.86. The summed E-state index contributed by atoms with van der Waals surface area (Å²) < 4.78 is 4.15. The van der Waals surface area contributed by atoms with Gasteiger partial charge in [0.25, 0.3) is 5.91 Å². The number of hydrogen-bond acceptors (Lipinski definition) is 7. The summed E-state index contributed by atoms with van der Waals surface area (Å²) in [6.45, 7) is 6.29. The third-order valence-corrected chi connectivity index (χ3v) is 9.03. The van der Waals surface area contributed by atoms with Gasteiger partial charge in [0.2, 0.25) is 5.91 Å². The fraction of sp³-hybridized carbons (Fsp3) is 0.519. The van der Waals surface area contributed by atoms with E-state index in [0.717, 1.165) is 78.6 Å². The largest absolute Gasteiger partial charge is 0.338 e. The summed E-state index contributed by atoms with van der Waals surface area (Å²) in [5, 5.41) is 4.98. The van der Waals surface area contributed by atoms with Crippen molar-refractivity contribution in [2.45, 2.75) is 71.0 Å². The van der Waals surface area contributed by atoms with Crippen molar-refractivity contribution in [2.75, 3.05) is 18.4 Å². The fourth-order valence-corrected chi connectivity index (χ4v) is 6.55. The normalized spacial score (nSPS) is 17.3. The number of anilines is 2. The minimum atomic E-state index is 0.0475. The summed E-state index contributed by atoms with van der Waals surface area (Å²) in [6, 6.07) is 2.99. The summed E-state index contributed by atoms with van der Waals surface area (Å²) >= 11 is 1.36. The molecule has 198 valence electrons. The lowest BCUT2D eigenvalue weighted by Gasteiger charge is -2.30. The van der Waals surface area contributed by atoms with Gasteiger partial charge >= 0.3 is 0 Å². The Morgan fingerprint density at radius 1 is 1.16 bits per heavy atom. The molecule has 0 spiro atoms. The molecule has 4 aromatic rings. The molecule has 1 aliphatic heterocycles. The smallest absolute Gasteiger partial charge is 0.265 e. The molecule has 2 saturated carbocycles. The van der Waals surface area contributed by atoms with Crippen LogP contribution in [0.3, 0.4) is 0 Å². The predicted octanol–water partition coefficient (Wildman–Crippen LogP) is 3.99. The lowest BCUT2D eigenvalue weighted by atomic mass is 10.2. The molecule has 0 aromatic carbocycles. The number of rotatable bonds is 8. The number of hydrogen-bond donors (Lipinski definition) is 1. The summed E-state index contributed by atoms with van der Waals surface area (Å²) in [7, 11) is 1.98. The molecular weight excluding hydrogens is 500 g/mol. The lowest BCUT2D eigenvalue weighted by molar-refractivity contribution is -0.131. The minimum Gasteiger partial charge on any atom is -0.338 e. The van der Waals surface area contributed by atoms with E-state index in [1.165, 1.54) is 11.3 Å². The van der Waals surface area contributed by atoms with Crippen molar-refractivity contribution in [3.8, 4) is 0 Å². The van der Waals surface area contributed by atoms with Gasteiger partial charge in [0, 0.05) is 49.8 Å². The van der Waals surface area contributed by atoms with E-state index < -0.39 is 0 Å². The Morgan fingerprint density at radius 3 is 2.53 bits per heavy atom. The number of aryl methyl sites for hydroxylation is 3. The second-order valence-corrected chi connectivity index (χ2v) is 11.8. The van der Waals surface area contributed by atoms with E-state index in [1.54, 1.807) is 6.33 Å². The van der Waals surface area contributed by atoms with E-state index in [0.29, 0.717) is 40.9 Å². The van der Waals surface area contributed by atoms with E-state index in [2.05, 4.69) is 37.7 Å². The molecule has 1 saturated heterocycles. The average molecular weight is 533 g/mol. The Labute approximate surface area is 224 Å². The Balaban J connectivity index is 1.26. The summed E-state index contributed by atoms with van der Waals surface area (Å²) in [6.07, 6.45) is 7.76. The highest BCUT2D eigenvalue weighted by Crippen LogP contribution is 2.38. The number of fused-ring (bicyclic) bond motifs is 3. The van der Waals surface area contributed by atoms with Crippen LogP contribution in [0.4, 0.5) is 10.9 Å². The number of pyridine rings is 1. The number of likely N-dealkylation sites (tertiary alicyclic amines) is 1. The summed E-state index contributed by atoms with van der Waals surface area (Å²) in [4.78, 5) is 45.2. The monoisotopic (exact) mass is 532 g/mol. The van der Waals surface area contributed by atoms with Gasteiger partial charge < -0.3 is 24.3 Å². The first-order valence-corrected chi connectivity index (χ1v) is 14.4. The quantitative estimate of drug-likeness (QED) is 0.368. The van der Waals surface area contributed by atoms with Crippen molar-refractivity contribution < 1.29 is 9.59 Å². The molecule has 5 heterocycles. The van der Waals surface area contributed by atoms with Gasteiger partial charge in [-0.25, -0.2) is 15.0 Å². The molecule has 0 atom stereocenters. The van der Waals surface area contributed by atoms with Crippen LogP contribution in [-0.4, -0.2) is 70.9 Å². The number of nitrogens with one attached hydrogen (secondary N) is 1. The van der Waals surface area contributed by atoms with Crippen LogP contribution in [0.15, 0.2) is 12.4 Å². The second-order valence-electron chi connectivity index (χ2n) is 10.8. The van der Waals surface area contributed by atoms with Crippen LogP contribution in [0, 0.1) is 6.92 Å². The molecule has 3 fully saturated rings. The number of nitrogens with zero attached hydrogens (tertiary/aromatic N) is 7. The summed E-state index contributed by atoms with van der Waals surface area (Å²) in [5.41, 5.74) is 4.24. The summed E-state index contributed by atoms with van der Waals surface area (Å²) in [5.74, 6) is 0.879. The predicted molar refractivity (Wildman–Crippen MR) is 147 cm³/mol. The van der Waals surface area contributed by atoms with E-state index in [4.69, 9.17) is 4.98 Å². The number of aromatic nitrogens is 5. The van der Waals surface area contributed by atoms with Crippen molar-refractivity contribution in [1.29, 1.82) is 0 Å². The van der Waals surface area contributed by atoms with E-state index in [-0.39, 0.29) is 11.8 Å². The molecule has 0 radical (unpaired) electrons. The van der Waals surface area contributed by atoms with Crippen molar-refractivity contribution in [1.82, 2.24) is 33.9 Å². The van der Waals surface area contributed by atoms with Gasteiger partial charge in [-0.05, 0) is 52.0 Å². The second kappa shape index (κ2) is 8.79. The van der Waals surface area contributed by atoms with Gasteiger partial charge in [-0.1, -0.05) is 11.3 Å². The first kappa shape index (κ1) is 23.6. The zero-order chi connectivity index (χ0) is 26.1. The number of carbonyl (C=O) groups is 2. The molecule has 1 N–H and O–H groups in total. The molecule has 10 nitrogen and oxygen atoms in total. The van der Waals surface area contributed by atoms with Gasteiger partial charge in [-0.3, -0.25) is 9.59 Å². The van der Waals surface area contributed by atoms with Crippen LogP contribution < -0.4 is 5.32 Å². The van der Waals surface area contributed by atoms with E-state index in [9.17, 15) is 9.59 Å². The van der Waals surface area contributed by atoms with E-state index >= 15 is 0 Å². The zero-order valence-electron chi connectivity index (χ0n) is 22.0. The molecule has 3 aliphatic rings. The highest BCUT2D eigenvalue weighted by molar-refractivity contribution is 7.17. The number of imidazole rings is 1. The Bertz CT molecular complexity index is 1580. The maximum atomic E-state index is 13.4. The van der Waals surface area contributed by atoms with Gasteiger partial charge in [0.15, 0.2) is 10.9 Å². The zero-order valence-corrected chi connectivity index (χ0v) is 22.8. The molecule has 2 amide bonds. The maximum absolute atomic E-state index is 13.4.